The van der Waals surface area contributed by atoms with E-state index in [1.807, 2.05) is 17.0 Å². The van der Waals surface area contributed by atoms with Crippen molar-refractivity contribution in [3.8, 4) is 28.7 Å². The summed E-state index contributed by atoms with van der Waals surface area (Å²) in [5.41, 5.74) is 1.68. The summed E-state index contributed by atoms with van der Waals surface area (Å²) < 4.78 is 16.5. The predicted octanol–water partition coefficient (Wildman–Crippen LogP) is 3.33. The largest absolute Gasteiger partial charge is 0.504 e. The number of benzene rings is 2. The van der Waals surface area contributed by atoms with Crippen molar-refractivity contribution in [3.63, 3.8) is 0 Å². The summed E-state index contributed by atoms with van der Waals surface area (Å²) in [6.45, 7) is 0.470. The Bertz CT molecular complexity index is 888. The minimum atomic E-state index is -0.225. The molecule has 1 saturated heterocycles. The Kier molecular flexibility index (Phi) is 6.64. The van der Waals surface area contributed by atoms with Gasteiger partial charge in [-0.3, -0.25) is 4.79 Å². The molecular formula is C21H25NO6S. The molecule has 7 nitrogen and oxygen atoms in total. The Balaban J connectivity index is 1.90. The molecule has 1 amide bonds. The van der Waals surface area contributed by atoms with Crippen LogP contribution in [-0.2, 0) is 11.2 Å². The smallest absolute Gasteiger partial charge is 0.224 e. The number of hydrogen-bond acceptors (Lipinski definition) is 7. The first-order chi connectivity index (χ1) is 14.0. The highest BCUT2D eigenvalue weighted by Crippen LogP contribution is 2.48. The molecule has 156 valence electrons. The monoisotopic (exact) mass is 419 g/mol. The standard InChI is InChI=1S/C21H25NO6S/c1-26-17-7-5-14(19(27-2)20(17)28-3)21-22(18(25)9-11-29-21)10-8-13-4-6-15(23)16(24)12-13/h4-7,12,21,23-24H,8-11H2,1-3H3. The Morgan fingerprint density at radius 2 is 1.79 bits per heavy atom. The number of rotatable bonds is 7. The second-order valence-corrected chi connectivity index (χ2v) is 7.74. The fourth-order valence-electron chi connectivity index (χ4n) is 3.41. The van der Waals surface area contributed by atoms with Crippen LogP contribution in [0, 0.1) is 0 Å². The molecule has 2 aromatic carbocycles. The molecular weight excluding hydrogens is 394 g/mol. The number of phenols is 2. The maximum atomic E-state index is 12.7. The average molecular weight is 419 g/mol. The number of amides is 1. The molecule has 2 N–H and O–H groups in total. The van der Waals surface area contributed by atoms with Crippen molar-refractivity contribution in [2.45, 2.75) is 18.2 Å². The van der Waals surface area contributed by atoms with E-state index in [-0.39, 0.29) is 22.8 Å². The molecule has 0 bridgehead atoms. The molecule has 1 atom stereocenters. The Hall–Kier alpha value is -2.74. The van der Waals surface area contributed by atoms with E-state index in [2.05, 4.69) is 0 Å². The van der Waals surface area contributed by atoms with E-state index in [0.717, 1.165) is 16.9 Å². The molecule has 1 unspecified atom stereocenters. The van der Waals surface area contributed by atoms with Gasteiger partial charge in [0, 0.05) is 24.3 Å². The highest BCUT2D eigenvalue weighted by atomic mass is 32.2. The Morgan fingerprint density at radius 1 is 1.03 bits per heavy atom. The van der Waals surface area contributed by atoms with Crippen LogP contribution in [0.2, 0.25) is 0 Å². The van der Waals surface area contributed by atoms with Crippen LogP contribution in [0.15, 0.2) is 30.3 Å². The first kappa shape index (κ1) is 21.0. The molecule has 1 aliphatic heterocycles. The molecule has 1 heterocycles. The molecule has 0 aliphatic carbocycles. The molecule has 8 heteroatoms. The zero-order valence-electron chi connectivity index (χ0n) is 16.7. The van der Waals surface area contributed by atoms with Gasteiger partial charge in [0.2, 0.25) is 11.7 Å². The minimum absolute atomic E-state index is 0.0635. The maximum absolute atomic E-state index is 12.7. The van der Waals surface area contributed by atoms with E-state index in [4.69, 9.17) is 14.2 Å². The zero-order valence-corrected chi connectivity index (χ0v) is 17.5. The van der Waals surface area contributed by atoms with Gasteiger partial charge < -0.3 is 29.3 Å². The van der Waals surface area contributed by atoms with Crippen LogP contribution in [0.25, 0.3) is 0 Å². The van der Waals surface area contributed by atoms with E-state index < -0.39 is 0 Å². The highest BCUT2D eigenvalue weighted by Gasteiger charge is 2.33. The van der Waals surface area contributed by atoms with Crippen molar-refractivity contribution in [3.05, 3.63) is 41.5 Å². The van der Waals surface area contributed by atoms with Crippen LogP contribution in [0.3, 0.4) is 0 Å². The van der Waals surface area contributed by atoms with Crippen LogP contribution in [-0.4, -0.2) is 54.6 Å². The van der Waals surface area contributed by atoms with Gasteiger partial charge in [0.05, 0.1) is 21.3 Å². The van der Waals surface area contributed by atoms with Gasteiger partial charge in [0.25, 0.3) is 0 Å². The molecule has 1 fully saturated rings. The number of thioether (sulfide) groups is 1. The van der Waals surface area contributed by atoms with E-state index in [1.165, 1.54) is 12.1 Å². The van der Waals surface area contributed by atoms with Gasteiger partial charge >= 0.3 is 0 Å². The number of ether oxygens (including phenoxy) is 3. The Morgan fingerprint density at radius 3 is 2.45 bits per heavy atom. The normalized spacial score (nSPS) is 16.6. The van der Waals surface area contributed by atoms with Crippen molar-refractivity contribution in [1.29, 1.82) is 0 Å². The lowest BCUT2D eigenvalue weighted by atomic mass is 10.1. The van der Waals surface area contributed by atoms with Crippen LogP contribution in [0.1, 0.15) is 22.9 Å². The molecule has 29 heavy (non-hydrogen) atoms. The van der Waals surface area contributed by atoms with Crippen molar-refractivity contribution < 1.29 is 29.2 Å². The van der Waals surface area contributed by atoms with Gasteiger partial charge in [-0.1, -0.05) is 6.07 Å². The highest BCUT2D eigenvalue weighted by molar-refractivity contribution is 7.99. The maximum Gasteiger partial charge on any atom is 0.224 e. The van der Waals surface area contributed by atoms with Crippen molar-refractivity contribution in [1.82, 2.24) is 4.90 Å². The third kappa shape index (κ3) is 4.32. The second kappa shape index (κ2) is 9.17. The predicted molar refractivity (Wildman–Crippen MR) is 111 cm³/mol. The number of aromatic hydroxyl groups is 2. The Labute approximate surface area is 174 Å². The van der Waals surface area contributed by atoms with Gasteiger partial charge in [-0.05, 0) is 36.2 Å². The van der Waals surface area contributed by atoms with Crippen LogP contribution < -0.4 is 14.2 Å². The SMILES string of the molecule is COc1ccc(C2SCCC(=O)N2CCc2ccc(O)c(O)c2)c(OC)c1OC. The molecule has 0 aromatic heterocycles. The third-order valence-electron chi connectivity index (χ3n) is 4.88. The summed E-state index contributed by atoms with van der Waals surface area (Å²) in [7, 11) is 4.69. The van der Waals surface area contributed by atoms with Crippen molar-refractivity contribution in [2.75, 3.05) is 33.6 Å². The second-order valence-electron chi connectivity index (χ2n) is 6.56. The van der Waals surface area contributed by atoms with Gasteiger partial charge in [0.1, 0.15) is 5.37 Å². The summed E-state index contributed by atoms with van der Waals surface area (Å²) in [5.74, 6) is 2.06. The lowest BCUT2D eigenvalue weighted by Gasteiger charge is -2.36. The van der Waals surface area contributed by atoms with Gasteiger partial charge in [-0.15, -0.1) is 11.8 Å². The summed E-state index contributed by atoms with van der Waals surface area (Å²) in [5, 5.41) is 19.0. The third-order valence-corrected chi connectivity index (χ3v) is 6.14. The number of methoxy groups -OCH3 is 3. The summed E-state index contributed by atoms with van der Waals surface area (Å²) >= 11 is 1.67. The summed E-state index contributed by atoms with van der Waals surface area (Å²) in [6.07, 6.45) is 1.02. The molecule has 0 radical (unpaired) electrons. The minimum Gasteiger partial charge on any atom is -0.504 e. The van der Waals surface area contributed by atoms with Gasteiger partial charge in [-0.2, -0.15) is 0 Å². The first-order valence-corrected chi connectivity index (χ1v) is 10.3. The van der Waals surface area contributed by atoms with E-state index >= 15 is 0 Å². The molecule has 0 saturated carbocycles. The molecule has 0 spiro atoms. The fourth-order valence-corrected chi connectivity index (χ4v) is 4.70. The number of carbonyl (C=O) groups is 1. The van der Waals surface area contributed by atoms with E-state index in [0.29, 0.717) is 36.6 Å². The summed E-state index contributed by atoms with van der Waals surface area (Å²) in [4.78, 5) is 14.5. The van der Waals surface area contributed by atoms with Gasteiger partial charge in [0.15, 0.2) is 23.0 Å². The molecule has 1 aliphatic rings. The number of phenolic OH excluding ortho intramolecular Hbond substituents is 2. The quantitative estimate of drug-likeness (QED) is 0.666. The van der Waals surface area contributed by atoms with Crippen LogP contribution in [0.4, 0.5) is 0 Å². The molecule has 3 rings (SSSR count). The van der Waals surface area contributed by atoms with Crippen molar-refractivity contribution in [2.24, 2.45) is 0 Å². The number of nitrogens with zero attached hydrogens (tertiary/aromatic N) is 1. The van der Waals surface area contributed by atoms with Crippen LogP contribution in [0.5, 0.6) is 28.7 Å². The summed E-state index contributed by atoms with van der Waals surface area (Å²) in [6, 6.07) is 8.42. The van der Waals surface area contributed by atoms with Crippen molar-refractivity contribution >= 4 is 17.7 Å². The number of hydrogen-bond donors (Lipinski definition) is 2. The lowest BCUT2D eigenvalue weighted by molar-refractivity contribution is -0.132. The van der Waals surface area contributed by atoms with E-state index in [9.17, 15) is 15.0 Å². The average Bonchev–Trinajstić information content (AvgIpc) is 2.73. The molecule has 2 aromatic rings. The van der Waals surface area contributed by atoms with E-state index in [1.54, 1.807) is 39.2 Å². The van der Waals surface area contributed by atoms with Gasteiger partial charge in [-0.25, -0.2) is 0 Å². The topological polar surface area (TPSA) is 88.5 Å². The first-order valence-electron chi connectivity index (χ1n) is 9.21. The number of carbonyl (C=O) groups excluding carboxylic acids is 1. The van der Waals surface area contributed by atoms with Crippen LogP contribution >= 0.6 is 11.8 Å². The zero-order chi connectivity index (χ0) is 21.0. The lowest BCUT2D eigenvalue weighted by Crippen LogP contribution is -2.38. The fraction of sp³-hybridized carbons (Fsp3) is 0.381.